The number of hydrogen-bond donors (Lipinski definition) is 0. The van der Waals surface area contributed by atoms with Crippen LogP contribution >= 0.6 is 34.5 Å². The van der Waals surface area contributed by atoms with E-state index in [9.17, 15) is 0 Å². The molecule has 0 spiro atoms. The third-order valence-electron chi connectivity index (χ3n) is 5.86. The third kappa shape index (κ3) is 9.54. The standard InChI is InChI=1S/2C17H14P.2ClH.Ti/c2*1-3-9-15(10-4-1)18(17-13-7-8-14-17)16-11-5-2-6-12-16;;;/h2*1-14H;2*1H;/q;;;;+2/p-2. The Morgan fingerprint density at radius 3 is 0.769 bits per heavy atom. The Morgan fingerprint density at radius 1 is 0.359 bits per heavy atom. The van der Waals surface area contributed by atoms with Crippen molar-refractivity contribution in [1.29, 1.82) is 0 Å². The molecule has 0 heterocycles. The summed E-state index contributed by atoms with van der Waals surface area (Å²) in [5.74, 6) is 0. The van der Waals surface area contributed by atoms with Crippen LogP contribution in [0.25, 0.3) is 0 Å². The van der Waals surface area contributed by atoms with Crippen LogP contribution in [0.3, 0.4) is 0 Å². The molecule has 2 aliphatic carbocycles. The van der Waals surface area contributed by atoms with Gasteiger partial charge in [0.05, 0.1) is 0 Å². The number of rotatable bonds is 6. The quantitative estimate of drug-likeness (QED) is 0.151. The molecule has 5 heteroatoms. The van der Waals surface area contributed by atoms with Crippen molar-refractivity contribution in [2.24, 2.45) is 0 Å². The summed E-state index contributed by atoms with van der Waals surface area (Å²) in [6.45, 7) is 0. The van der Waals surface area contributed by atoms with Crippen molar-refractivity contribution in [3.05, 3.63) is 184 Å². The van der Waals surface area contributed by atoms with Gasteiger partial charge in [-0.25, -0.2) is 0 Å². The zero-order chi connectivity index (χ0) is 27.1. The molecule has 0 aromatic heterocycles. The van der Waals surface area contributed by atoms with Crippen molar-refractivity contribution in [3.63, 3.8) is 0 Å². The maximum atomic E-state index is 4.89. The zero-order valence-corrected chi connectivity index (χ0v) is 26.2. The van der Waals surface area contributed by atoms with Gasteiger partial charge in [0.2, 0.25) is 0 Å². The van der Waals surface area contributed by atoms with E-state index in [1.807, 2.05) is 0 Å². The van der Waals surface area contributed by atoms with Gasteiger partial charge < -0.3 is 0 Å². The van der Waals surface area contributed by atoms with Gasteiger partial charge in [-0.15, -0.1) is 0 Å². The fourth-order valence-corrected chi connectivity index (χ4v) is 8.84. The summed E-state index contributed by atoms with van der Waals surface area (Å²) in [6, 6.07) is 43.1. The number of hydrogen-bond acceptors (Lipinski definition) is 0. The van der Waals surface area contributed by atoms with Crippen LogP contribution in [0.5, 0.6) is 0 Å². The second-order valence-electron chi connectivity index (χ2n) is 8.37. The first-order valence-electron chi connectivity index (χ1n) is 12.5. The molecule has 2 fully saturated rings. The molecular formula is C34H28Cl2P2Ti. The van der Waals surface area contributed by atoms with E-state index in [0.717, 1.165) is 0 Å². The molecule has 4 aromatic rings. The van der Waals surface area contributed by atoms with E-state index in [4.69, 9.17) is 18.6 Å². The minimum absolute atomic E-state index is 0.409. The van der Waals surface area contributed by atoms with Gasteiger partial charge in [-0.2, -0.15) is 0 Å². The summed E-state index contributed by atoms with van der Waals surface area (Å²) in [7, 11) is 8.96. The molecule has 0 atom stereocenters. The fraction of sp³-hybridized carbons (Fsp3) is 0. The summed E-state index contributed by atoms with van der Waals surface area (Å²) in [5, 5.41) is 5.63. The number of benzene rings is 4. The average molecular weight is 617 g/mol. The van der Waals surface area contributed by atoms with Crippen LogP contribution in [0.4, 0.5) is 0 Å². The topological polar surface area (TPSA) is 0 Å². The van der Waals surface area contributed by atoms with Crippen molar-refractivity contribution < 1.29 is 17.0 Å². The summed E-state index contributed by atoms with van der Waals surface area (Å²) < 4.78 is 0. The Balaban J connectivity index is 0.000000165. The molecule has 10 radical (unpaired) electrons. The Labute approximate surface area is 255 Å². The molecule has 6 rings (SSSR count). The van der Waals surface area contributed by atoms with Gasteiger partial charge >= 0.3 is 35.6 Å². The molecule has 0 N–H and O–H groups in total. The SMILES string of the molecule is [CH]1[CH][CH][C](P(c2ccccc2)c2ccccc2)[CH]1.[CH]1[CH][CH][C](P(c2ccccc2)c2ccccc2)[CH]1.[Cl][Ti][Cl]. The Morgan fingerprint density at radius 2 is 0.564 bits per heavy atom. The van der Waals surface area contributed by atoms with Gasteiger partial charge in [0, 0.05) is 11.3 Å². The van der Waals surface area contributed by atoms with E-state index in [2.05, 4.69) is 173 Å². The fourth-order valence-electron chi connectivity index (χ4n) is 4.23. The zero-order valence-electron chi connectivity index (χ0n) is 21.3. The molecule has 0 aliphatic heterocycles. The predicted octanol–water partition coefficient (Wildman–Crippen LogP) is 8.34. The van der Waals surface area contributed by atoms with E-state index in [1.54, 1.807) is 0 Å². The van der Waals surface area contributed by atoms with Crippen molar-refractivity contribution in [1.82, 2.24) is 0 Å². The maximum absolute atomic E-state index is 4.89. The number of halogens is 2. The third-order valence-corrected chi connectivity index (χ3v) is 10.8. The minimum atomic E-state index is -0.556. The van der Waals surface area contributed by atoms with E-state index >= 15 is 0 Å². The van der Waals surface area contributed by atoms with Gasteiger partial charge in [-0.05, 0) is 88.4 Å². The molecule has 0 nitrogen and oxygen atoms in total. The molecule has 0 saturated heterocycles. The molecule has 192 valence electrons. The normalized spacial score (nSPS) is 15.4. The second kappa shape index (κ2) is 17.8. The molecule has 0 unspecified atom stereocenters. The van der Waals surface area contributed by atoms with Crippen molar-refractivity contribution >= 4 is 55.7 Å². The Kier molecular flexibility index (Phi) is 14.1. The summed E-state index contributed by atoms with van der Waals surface area (Å²) in [5.41, 5.74) is 2.84. The van der Waals surface area contributed by atoms with Gasteiger partial charge in [-0.3, -0.25) is 0 Å². The van der Waals surface area contributed by atoms with Crippen LogP contribution in [0, 0.1) is 62.7 Å². The predicted molar refractivity (Wildman–Crippen MR) is 171 cm³/mol. The molecule has 0 amide bonds. The van der Waals surface area contributed by atoms with Gasteiger partial charge in [0.25, 0.3) is 0 Å². The van der Waals surface area contributed by atoms with E-state index in [0.29, 0.717) is 0 Å². The summed E-state index contributed by atoms with van der Waals surface area (Å²) >= 11 is -0.556. The average Bonchev–Trinajstić information content (AvgIpc) is 3.72. The first kappa shape index (κ1) is 31.0. The first-order chi connectivity index (χ1) is 19.3. The van der Waals surface area contributed by atoms with Gasteiger partial charge in [-0.1, -0.05) is 121 Å². The van der Waals surface area contributed by atoms with Crippen molar-refractivity contribution in [2.45, 2.75) is 0 Å². The van der Waals surface area contributed by atoms with Crippen molar-refractivity contribution in [3.8, 4) is 0 Å². The van der Waals surface area contributed by atoms with Gasteiger partial charge in [0.15, 0.2) is 0 Å². The van der Waals surface area contributed by atoms with Crippen LogP contribution < -0.4 is 21.2 Å². The molecular weight excluding hydrogens is 589 g/mol. The van der Waals surface area contributed by atoms with E-state index in [1.165, 1.54) is 32.5 Å². The van der Waals surface area contributed by atoms with E-state index in [-0.39, 0.29) is 0 Å². The first-order valence-corrected chi connectivity index (χ1v) is 19.5. The second-order valence-corrected chi connectivity index (χ2v) is 15.4. The van der Waals surface area contributed by atoms with Crippen LogP contribution in [0.2, 0.25) is 0 Å². The van der Waals surface area contributed by atoms with Crippen LogP contribution in [0.1, 0.15) is 0 Å². The Bertz CT molecular complexity index is 993. The summed E-state index contributed by atoms with van der Waals surface area (Å²) in [6.07, 6.45) is 17.4. The molecule has 39 heavy (non-hydrogen) atoms. The molecule has 4 aromatic carbocycles. The van der Waals surface area contributed by atoms with Crippen LogP contribution in [0.15, 0.2) is 121 Å². The molecule has 0 bridgehead atoms. The summed E-state index contributed by atoms with van der Waals surface area (Å²) in [4.78, 5) is 0. The monoisotopic (exact) mass is 616 g/mol. The molecule has 2 aliphatic rings. The Hall–Kier alpha value is -0.966. The van der Waals surface area contributed by atoms with E-state index < -0.39 is 32.9 Å². The van der Waals surface area contributed by atoms with Gasteiger partial charge in [0.1, 0.15) is 0 Å². The molecule has 2 saturated carbocycles. The van der Waals surface area contributed by atoms with Crippen LogP contribution in [-0.4, -0.2) is 0 Å². The van der Waals surface area contributed by atoms with Crippen molar-refractivity contribution in [2.75, 3.05) is 0 Å². The van der Waals surface area contributed by atoms with Crippen LogP contribution in [-0.2, 0) is 17.0 Å².